The molecule has 5 nitrogen and oxygen atoms in total. The summed E-state index contributed by atoms with van der Waals surface area (Å²) in [7, 11) is 0. The van der Waals surface area contributed by atoms with Gasteiger partial charge in [0.25, 0.3) is 0 Å². The van der Waals surface area contributed by atoms with Crippen LogP contribution >= 0.6 is 11.6 Å². The van der Waals surface area contributed by atoms with Crippen molar-refractivity contribution in [3.05, 3.63) is 88.9 Å². The summed E-state index contributed by atoms with van der Waals surface area (Å²) in [6, 6.07) is 21.1. The molecule has 3 heterocycles. The minimum Gasteiger partial charge on any atom is -0.356 e. The van der Waals surface area contributed by atoms with Crippen LogP contribution in [0.3, 0.4) is 0 Å². The molecule has 0 aliphatic carbocycles. The predicted molar refractivity (Wildman–Crippen MR) is 139 cm³/mol. The highest BCUT2D eigenvalue weighted by Gasteiger charge is 2.31. The lowest BCUT2D eigenvalue weighted by molar-refractivity contribution is -0.137. The van der Waals surface area contributed by atoms with Crippen LogP contribution in [-0.4, -0.2) is 32.9 Å². The summed E-state index contributed by atoms with van der Waals surface area (Å²) in [5.41, 5.74) is 2.40. The molecule has 1 fully saturated rings. The van der Waals surface area contributed by atoms with Crippen LogP contribution in [0, 0.1) is 5.92 Å². The Kier molecular flexibility index (Phi) is 5.99. The minimum absolute atomic E-state index is 0.308. The second-order valence-corrected chi connectivity index (χ2v) is 9.91. The van der Waals surface area contributed by atoms with Crippen molar-refractivity contribution in [2.24, 2.45) is 5.92 Å². The van der Waals surface area contributed by atoms with Gasteiger partial charge in [-0.25, -0.2) is 4.98 Å². The van der Waals surface area contributed by atoms with E-state index in [1.165, 1.54) is 11.6 Å². The Morgan fingerprint density at radius 2 is 1.70 bits per heavy atom. The summed E-state index contributed by atoms with van der Waals surface area (Å²) in [6.45, 7) is 1.64. The van der Waals surface area contributed by atoms with Crippen LogP contribution in [0.5, 0.6) is 0 Å². The van der Waals surface area contributed by atoms with Crippen molar-refractivity contribution in [2.75, 3.05) is 18.0 Å². The van der Waals surface area contributed by atoms with E-state index >= 15 is 0 Å². The number of fused-ring (bicyclic) bond motifs is 3. The SMILES string of the molecule is FC(F)(F)c1cccc(-c2nnn3c2nc(N2CCC(Cc4ccccc4)CC2)c2cc(Cl)ccc23)c1. The van der Waals surface area contributed by atoms with Gasteiger partial charge in [-0.3, -0.25) is 0 Å². The van der Waals surface area contributed by atoms with E-state index < -0.39 is 11.7 Å². The van der Waals surface area contributed by atoms with E-state index in [1.54, 1.807) is 16.6 Å². The third-order valence-corrected chi connectivity index (χ3v) is 7.27. The molecule has 9 heteroatoms. The van der Waals surface area contributed by atoms with Crippen molar-refractivity contribution in [1.29, 1.82) is 0 Å². The van der Waals surface area contributed by atoms with Gasteiger partial charge >= 0.3 is 6.18 Å². The van der Waals surface area contributed by atoms with Gasteiger partial charge in [0, 0.05) is 29.1 Å². The third kappa shape index (κ3) is 4.62. The number of anilines is 1. The maximum Gasteiger partial charge on any atom is 0.416 e. The Balaban J connectivity index is 1.39. The van der Waals surface area contributed by atoms with Gasteiger partial charge in [0.1, 0.15) is 11.5 Å². The molecule has 0 bridgehead atoms. The summed E-state index contributed by atoms with van der Waals surface area (Å²) in [5, 5.41) is 9.90. The molecule has 0 saturated carbocycles. The largest absolute Gasteiger partial charge is 0.416 e. The molecule has 0 atom stereocenters. The molecule has 0 amide bonds. The number of halogens is 4. The fourth-order valence-corrected chi connectivity index (χ4v) is 5.31. The molecule has 6 rings (SSSR count). The van der Waals surface area contributed by atoms with Gasteiger partial charge < -0.3 is 4.90 Å². The predicted octanol–water partition coefficient (Wildman–Crippen LogP) is 7.08. The molecule has 0 radical (unpaired) electrons. The van der Waals surface area contributed by atoms with Crippen LogP contribution in [0.2, 0.25) is 5.02 Å². The van der Waals surface area contributed by atoms with Crippen molar-refractivity contribution in [3.8, 4) is 11.3 Å². The number of rotatable bonds is 4. The van der Waals surface area contributed by atoms with Gasteiger partial charge in [0.2, 0.25) is 0 Å². The molecule has 1 aliphatic heterocycles. The molecule has 1 saturated heterocycles. The Bertz CT molecular complexity index is 1570. The number of nitrogens with zero attached hydrogens (tertiary/aromatic N) is 5. The standard InChI is InChI=1S/C28H23ClF3N5/c29-22-9-10-24-23(17-22)26(36-13-11-19(12-14-36)15-18-5-2-1-3-6-18)33-27-25(34-35-37(24)27)20-7-4-8-21(16-20)28(30,31)32/h1-10,16-17,19H,11-15H2. The van der Waals surface area contributed by atoms with Gasteiger partial charge in [-0.2, -0.15) is 17.7 Å². The molecule has 2 aromatic heterocycles. The van der Waals surface area contributed by atoms with Gasteiger partial charge in [0.15, 0.2) is 5.65 Å². The first-order chi connectivity index (χ1) is 17.9. The first kappa shape index (κ1) is 23.7. The number of hydrogen-bond acceptors (Lipinski definition) is 4. The number of alkyl halides is 3. The quantitative estimate of drug-likeness (QED) is 0.253. The highest BCUT2D eigenvalue weighted by atomic mass is 35.5. The lowest BCUT2D eigenvalue weighted by Gasteiger charge is -2.33. The van der Waals surface area contributed by atoms with Gasteiger partial charge in [-0.05, 0) is 61.1 Å². The summed E-state index contributed by atoms with van der Waals surface area (Å²) in [4.78, 5) is 7.17. The molecular weight excluding hydrogens is 499 g/mol. The average molecular weight is 522 g/mol. The average Bonchev–Trinajstić information content (AvgIpc) is 3.33. The van der Waals surface area contributed by atoms with Crippen molar-refractivity contribution in [3.63, 3.8) is 0 Å². The van der Waals surface area contributed by atoms with Crippen LogP contribution in [-0.2, 0) is 12.6 Å². The van der Waals surface area contributed by atoms with Crippen LogP contribution in [0.1, 0.15) is 24.0 Å². The van der Waals surface area contributed by atoms with Crippen LogP contribution in [0.4, 0.5) is 19.0 Å². The van der Waals surface area contributed by atoms with E-state index in [-0.39, 0.29) is 0 Å². The van der Waals surface area contributed by atoms with E-state index in [4.69, 9.17) is 16.6 Å². The molecule has 0 spiro atoms. The summed E-state index contributed by atoms with van der Waals surface area (Å²) < 4.78 is 41.7. The molecule has 0 unspecified atom stereocenters. The molecule has 3 aromatic carbocycles. The first-order valence-electron chi connectivity index (χ1n) is 12.2. The Morgan fingerprint density at radius 1 is 0.919 bits per heavy atom. The van der Waals surface area contributed by atoms with E-state index in [1.807, 2.05) is 18.2 Å². The van der Waals surface area contributed by atoms with Gasteiger partial charge in [-0.1, -0.05) is 59.3 Å². The number of aromatic nitrogens is 4. The molecule has 188 valence electrons. The summed E-state index contributed by atoms with van der Waals surface area (Å²) in [5.74, 6) is 1.33. The van der Waals surface area contributed by atoms with Crippen molar-refractivity contribution in [2.45, 2.75) is 25.4 Å². The maximum atomic E-state index is 13.4. The Labute approximate surface area is 216 Å². The molecular formula is C28H23ClF3N5. The summed E-state index contributed by atoms with van der Waals surface area (Å²) >= 11 is 6.36. The lowest BCUT2D eigenvalue weighted by Crippen LogP contribution is -2.35. The normalized spacial score (nSPS) is 15.1. The molecule has 0 N–H and O–H groups in total. The smallest absolute Gasteiger partial charge is 0.356 e. The fourth-order valence-electron chi connectivity index (χ4n) is 5.14. The summed E-state index contributed by atoms with van der Waals surface area (Å²) in [6.07, 6.45) is -1.38. The van der Waals surface area contributed by atoms with E-state index in [2.05, 4.69) is 39.5 Å². The zero-order valence-corrected chi connectivity index (χ0v) is 20.5. The van der Waals surface area contributed by atoms with Crippen molar-refractivity contribution < 1.29 is 13.2 Å². The maximum absolute atomic E-state index is 13.4. The Morgan fingerprint density at radius 3 is 2.46 bits per heavy atom. The minimum atomic E-state index is -4.45. The second-order valence-electron chi connectivity index (χ2n) is 9.47. The lowest BCUT2D eigenvalue weighted by atomic mass is 9.90. The number of hydrogen-bond donors (Lipinski definition) is 0. The van der Waals surface area contributed by atoms with E-state index in [9.17, 15) is 13.2 Å². The molecule has 1 aliphatic rings. The van der Waals surface area contributed by atoms with Crippen molar-refractivity contribution >= 4 is 34.0 Å². The highest BCUT2D eigenvalue weighted by molar-refractivity contribution is 6.31. The number of piperidine rings is 1. The fraction of sp³-hybridized carbons (Fsp3) is 0.250. The monoisotopic (exact) mass is 521 g/mol. The first-order valence-corrected chi connectivity index (χ1v) is 12.6. The topological polar surface area (TPSA) is 46.3 Å². The van der Waals surface area contributed by atoms with Crippen LogP contribution in [0.25, 0.3) is 27.8 Å². The molecule has 37 heavy (non-hydrogen) atoms. The number of benzene rings is 3. The van der Waals surface area contributed by atoms with Gasteiger partial charge in [0.05, 0.1) is 11.1 Å². The van der Waals surface area contributed by atoms with E-state index in [0.717, 1.165) is 61.2 Å². The highest BCUT2D eigenvalue weighted by Crippen LogP contribution is 2.36. The Hall–Kier alpha value is -3.65. The van der Waals surface area contributed by atoms with Crippen LogP contribution < -0.4 is 4.90 Å². The van der Waals surface area contributed by atoms with Gasteiger partial charge in [-0.15, -0.1) is 5.10 Å². The van der Waals surface area contributed by atoms with Crippen molar-refractivity contribution in [1.82, 2.24) is 19.8 Å². The molecule has 5 aromatic rings. The zero-order valence-electron chi connectivity index (χ0n) is 19.8. The third-order valence-electron chi connectivity index (χ3n) is 7.03. The van der Waals surface area contributed by atoms with E-state index in [0.29, 0.717) is 27.8 Å². The zero-order chi connectivity index (χ0) is 25.6. The van der Waals surface area contributed by atoms with Crippen LogP contribution in [0.15, 0.2) is 72.8 Å². The second kappa shape index (κ2) is 9.34.